The second-order valence-electron chi connectivity index (χ2n) is 9.73. The maximum Gasteiger partial charge on any atom is 0.119 e. The van der Waals surface area contributed by atoms with Crippen molar-refractivity contribution in [2.75, 3.05) is 20.2 Å². The fraction of sp³-hybridized carbons (Fsp3) is 0.727. The van der Waals surface area contributed by atoms with Gasteiger partial charge in [-0.1, -0.05) is 6.07 Å². The second kappa shape index (κ2) is 4.80. The van der Waals surface area contributed by atoms with Gasteiger partial charge in [0.25, 0.3) is 0 Å². The first kappa shape index (κ1) is 15.0. The molecular weight excluding hydrogens is 310 g/mol. The van der Waals surface area contributed by atoms with Crippen LogP contribution in [0.3, 0.4) is 0 Å². The SMILES string of the molecule is COc1ccc2c(c1)C13CCN(CC4CC4)C(C2)C1C1CC(O)(C1)C3. The molecule has 3 atom stereocenters. The lowest BCUT2D eigenvalue weighted by atomic mass is 9.40. The molecule has 1 N–H and O–H groups in total. The largest absolute Gasteiger partial charge is 0.497 e. The first-order valence-electron chi connectivity index (χ1n) is 10.2. The van der Waals surface area contributed by atoms with E-state index in [9.17, 15) is 5.11 Å². The first-order valence-corrected chi connectivity index (χ1v) is 10.2. The highest BCUT2D eigenvalue weighted by Crippen LogP contribution is 2.66. The number of ether oxygens (including phenoxy) is 1. The van der Waals surface area contributed by atoms with Gasteiger partial charge in [0.2, 0.25) is 0 Å². The Morgan fingerprint density at radius 1 is 1.28 bits per heavy atom. The van der Waals surface area contributed by atoms with Crippen LogP contribution in [0.1, 0.15) is 49.7 Å². The van der Waals surface area contributed by atoms with Gasteiger partial charge in [-0.3, -0.25) is 4.90 Å². The van der Waals surface area contributed by atoms with Gasteiger partial charge in [0.1, 0.15) is 5.75 Å². The van der Waals surface area contributed by atoms with Gasteiger partial charge in [-0.2, -0.15) is 0 Å². The van der Waals surface area contributed by atoms with Crippen LogP contribution in [0.2, 0.25) is 0 Å². The van der Waals surface area contributed by atoms with E-state index in [1.165, 1.54) is 49.9 Å². The number of hydrogen-bond donors (Lipinski definition) is 1. The van der Waals surface area contributed by atoms with E-state index >= 15 is 0 Å². The molecule has 3 nitrogen and oxygen atoms in total. The van der Waals surface area contributed by atoms with Crippen molar-refractivity contribution in [1.29, 1.82) is 0 Å². The molecule has 6 aliphatic rings. The molecule has 5 fully saturated rings. The molecule has 7 rings (SSSR count). The molecule has 4 bridgehead atoms. The van der Waals surface area contributed by atoms with Gasteiger partial charge in [-0.15, -0.1) is 0 Å². The number of likely N-dealkylation sites (tertiary alicyclic amines) is 1. The number of hydrogen-bond acceptors (Lipinski definition) is 3. The van der Waals surface area contributed by atoms with E-state index in [4.69, 9.17) is 4.74 Å². The number of fused-ring (bicyclic) bond motifs is 1. The third kappa shape index (κ3) is 2.00. The fourth-order valence-corrected chi connectivity index (χ4v) is 7.22. The van der Waals surface area contributed by atoms with Crippen molar-refractivity contribution in [3.63, 3.8) is 0 Å². The molecule has 0 radical (unpaired) electrons. The summed E-state index contributed by atoms with van der Waals surface area (Å²) in [5.74, 6) is 3.42. The number of aliphatic hydroxyl groups is 1. The van der Waals surface area contributed by atoms with Crippen molar-refractivity contribution < 1.29 is 9.84 Å². The summed E-state index contributed by atoms with van der Waals surface area (Å²) in [4.78, 5) is 2.84. The van der Waals surface area contributed by atoms with Gasteiger partial charge in [0, 0.05) is 18.0 Å². The molecule has 134 valence electrons. The summed E-state index contributed by atoms with van der Waals surface area (Å²) in [7, 11) is 1.77. The Morgan fingerprint density at radius 3 is 2.88 bits per heavy atom. The Hall–Kier alpha value is -1.06. The Balaban J connectivity index is 1.47. The van der Waals surface area contributed by atoms with Crippen LogP contribution in [-0.2, 0) is 11.8 Å². The summed E-state index contributed by atoms with van der Waals surface area (Å²) in [6.45, 7) is 2.54. The normalized spacial score (nSPS) is 44.5. The highest BCUT2D eigenvalue weighted by molar-refractivity contribution is 5.47. The second-order valence-corrected chi connectivity index (χ2v) is 9.73. The lowest BCUT2D eigenvalue weighted by Gasteiger charge is -2.69. The van der Waals surface area contributed by atoms with Gasteiger partial charge >= 0.3 is 0 Å². The van der Waals surface area contributed by atoms with Crippen LogP contribution in [0.15, 0.2) is 18.2 Å². The Bertz CT molecular complexity index is 721. The molecule has 0 aromatic heterocycles. The topological polar surface area (TPSA) is 32.7 Å². The lowest BCUT2D eigenvalue weighted by molar-refractivity contribution is -0.202. The number of benzene rings is 1. The van der Waals surface area contributed by atoms with Crippen molar-refractivity contribution in [2.24, 2.45) is 17.8 Å². The van der Waals surface area contributed by atoms with E-state index in [2.05, 4.69) is 23.1 Å². The molecule has 1 heterocycles. The maximum absolute atomic E-state index is 11.0. The maximum atomic E-state index is 11.0. The third-order valence-electron chi connectivity index (χ3n) is 8.28. The van der Waals surface area contributed by atoms with Crippen molar-refractivity contribution >= 4 is 0 Å². The summed E-state index contributed by atoms with van der Waals surface area (Å²) < 4.78 is 5.57. The van der Waals surface area contributed by atoms with Gasteiger partial charge in [0.15, 0.2) is 0 Å². The summed E-state index contributed by atoms with van der Waals surface area (Å²) in [6.07, 6.45) is 8.38. The third-order valence-corrected chi connectivity index (χ3v) is 8.28. The highest BCUT2D eigenvalue weighted by atomic mass is 16.5. The Morgan fingerprint density at radius 2 is 2.12 bits per heavy atom. The van der Waals surface area contributed by atoms with Crippen molar-refractivity contribution in [1.82, 2.24) is 4.90 Å². The number of methoxy groups -OCH3 is 1. The molecule has 3 unspecified atom stereocenters. The zero-order chi connectivity index (χ0) is 16.8. The summed E-state index contributed by atoms with van der Waals surface area (Å²) >= 11 is 0. The quantitative estimate of drug-likeness (QED) is 0.918. The Labute approximate surface area is 150 Å². The fourth-order valence-electron chi connectivity index (χ4n) is 7.22. The van der Waals surface area contributed by atoms with Gasteiger partial charge in [0.05, 0.1) is 12.7 Å². The summed E-state index contributed by atoms with van der Waals surface area (Å²) in [5, 5.41) is 11.0. The van der Waals surface area contributed by atoms with Gasteiger partial charge in [-0.25, -0.2) is 0 Å². The van der Waals surface area contributed by atoms with Crippen LogP contribution in [0.25, 0.3) is 0 Å². The molecule has 1 saturated heterocycles. The molecule has 4 saturated carbocycles. The monoisotopic (exact) mass is 339 g/mol. The number of rotatable bonds is 3. The zero-order valence-corrected chi connectivity index (χ0v) is 15.2. The van der Waals surface area contributed by atoms with E-state index in [-0.39, 0.29) is 11.0 Å². The van der Waals surface area contributed by atoms with Crippen LogP contribution in [-0.4, -0.2) is 41.8 Å². The van der Waals surface area contributed by atoms with Crippen LogP contribution in [0.4, 0.5) is 0 Å². The molecule has 1 aliphatic heterocycles. The van der Waals surface area contributed by atoms with Crippen LogP contribution >= 0.6 is 0 Å². The smallest absolute Gasteiger partial charge is 0.119 e. The van der Waals surface area contributed by atoms with Crippen molar-refractivity contribution in [2.45, 2.75) is 62.0 Å². The minimum Gasteiger partial charge on any atom is -0.497 e. The van der Waals surface area contributed by atoms with Crippen LogP contribution in [0.5, 0.6) is 5.75 Å². The van der Waals surface area contributed by atoms with Crippen molar-refractivity contribution in [3.8, 4) is 5.75 Å². The summed E-state index contributed by atoms with van der Waals surface area (Å²) in [5.41, 5.74) is 2.85. The number of piperidine rings is 1. The summed E-state index contributed by atoms with van der Waals surface area (Å²) in [6, 6.07) is 7.45. The minimum absolute atomic E-state index is 0.197. The van der Waals surface area contributed by atoms with E-state index in [1.807, 2.05) is 0 Å². The lowest BCUT2D eigenvalue weighted by Crippen LogP contribution is -2.71. The van der Waals surface area contributed by atoms with E-state index < -0.39 is 0 Å². The predicted molar refractivity (Wildman–Crippen MR) is 96.9 cm³/mol. The van der Waals surface area contributed by atoms with Gasteiger partial charge in [-0.05, 0) is 92.5 Å². The molecule has 1 aromatic carbocycles. The van der Waals surface area contributed by atoms with E-state index in [1.54, 1.807) is 7.11 Å². The molecule has 0 amide bonds. The molecule has 5 aliphatic carbocycles. The van der Waals surface area contributed by atoms with E-state index in [0.29, 0.717) is 6.04 Å². The van der Waals surface area contributed by atoms with Crippen LogP contribution in [0, 0.1) is 17.8 Å². The molecule has 25 heavy (non-hydrogen) atoms. The number of nitrogens with zero attached hydrogens (tertiary/aromatic N) is 1. The molecule has 3 heteroatoms. The molecule has 1 aromatic rings. The molecular formula is C22H29NO2. The van der Waals surface area contributed by atoms with Crippen molar-refractivity contribution in [3.05, 3.63) is 29.3 Å². The van der Waals surface area contributed by atoms with Crippen LogP contribution < -0.4 is 4.74 Å². The highest BCUT2D eigenvalue weighted by Gasteiger charge is 2.66. The first-order chi connectivity index (χ1) is 12.1. The zero-order valence-electron chi connectivity index (χ0n) is 15.2. The average Bonchev–Trinajstić information content (AvgIpc) is 3.40. The Kier molecular flexibility index (Phi) is 2.89. The standard InChI is InChI=1S/C22H29NO2/c1-25-17-5-4-15-8-19-20-16-10-21(24,11-16)13-22(20,18(15)9-17)6-7-23(19)12-14-2-3-14/h4-5,9,14,16,19-20,24H,2-3,6-8,10-13H2,1H3. The average molecular weight is 339 g/mol. The minimum atomic E-state index is -0.387. The van der Waals surface area contributed by atoms with E-state index in [0.717, 1.165) is 42.8 Å². The predicted octanol–water partition coefficient (Wildman–Crippen LogP) is 3.13. The van der Waals surface area contributed by atoms with Gasteiger partial charge < -0.3 is 9.84 Å². The molecule has 0 spiro atoms.